The minimum absolute atomic E-state index is 0.0485. The van der Waals surface area contributed by atoms with Crippen LogP contribution in [0, 0.1) is 5.92 Å². The zero-order valence-corrected chi connectivity index (χ0v) is 16.5. The smallest absolute Gasteiger partial charge is 0.342 e. The second-order valence-corrected chi connectivity index (χ2v) is 7.31. The number of nitrogen functional groups attached to an aromatic ring is 1. The number of nitrogens with one attached hydrogen (secondary N) is 2. The highest BCUT2D eigenvalue weighted by atomic mass is 32.2. The van der Waals surface area contributed by atoms with Gasteiger partial charge in [0.05, 0.1) is 24.9 Å². The van der Waals surface area contributed by atoms with Gasteiger partial charge in [0.2, 0.25) is 23.7 Å². The Bertz CT molecular complexity index is 1070. The number of aromatic amines is 1. The highest BCUT2D eigenvalue weighted by Crippen LogP contribution is 2.31. The highest BCUT2D eigenvalue weighted by molar-refractivity contribution is 8.00. The van der Waals surface area contributed by atoms with Gasteiger partial charge in [0, 0.05) is 0 Å². The third kappa shape index (κ3) is 4.34. The van der Waals surface area contributed by atoms with Gasteiger partial charge in [-0.3, -0.25) is 10.1 Å². The van der Waals surface area contributed by atoms with Crippen molar-refractivity contribution < 1.29 is 19.4 Å². The topological polar surface area (TPSA) is 182 Å². The van der Waals surface area contributed by atoms with Gasteiger partial charge in [0.15, 0.2) is 5.65 Å². The van der Waals surface area contributed by atoms with Gasteiger partial charge in [-0.25, -0.2) is 19.7 Å². The molecule has 13 heteroatoms. The number of aromatic nitrogens is 6. The summed E-state index contributed by atoms with van der Waals surface area (Å²) in [5, 5.41) is 11.6. The van der Waals surface area contributed by atoms with E-state index in [1.165, 1.54) is 25.2 Å². The number of carbonyl (C=O) groups excluding carboxylic acids is 1. The van der Waals surface area contributed by atoms with Crippen LogP contribution in [0.5, 0.6) is 5.88 Å². The Kier molecular flexibility index (Phi) is 5.77. The lowest BCUT2D eigenvalue weighted by Crippen LogP contribution is -2.30. The van der Waals surface area contributed by atoms with Crippen LogP contribution in [-0.4, -0.2) is 59.2 Å². The van der Waals surface area contributed by atoms with E-state index >= 15 is 0 Å². The molecule has 0 aromatic carbocycles. The highest BCUT2D eigenvalue weighted by Gasteiger charge is 2.27. The summed E-state index contributed by atoms with van der Waals surface area (Å²) in [6.07, 6.45) is 2.54. The number of carboxylic acid groups (broad SMARTS) is 1. The number of methoxy groups -OCH3 is 1. The fourth-order valence-corrected chi connectivity index (χ4v) is 3.52. The first kappa shape index (κ1) is 20.3. The summed E-state index contributed by atoms with van der Waals surface area (Å²) in [5.41, 5.74) is 6.50. The number of carboxylic acids is 1. The van der Waals surface area contributed by atoms with E-state index in [9.17, 15) is 9.59 Å². The van der Waals surface area contributed by atoms with E-state index in [-0.39, 0.29) is 35.2 Å². The van der Waals surface area contributed by atoms with Crippen molar-refractivity contribution in [2.24, 2.45) is 5.92 Å². The number of H-pyrrole nitrogens is 1. The fraction of sp³-hybridized carbons (Fsp3) is 0.312. The average Bonchev–Trinajstić information content (AvgIpc) is 3.13. The summed E-state index contributed by atoms with van der Waals surface area (Å²) in [6.45, 7) is 3.75. The fourth-order valence-electron chi connectivity index (χ4n) is 2.43. The van der Waals surface area contributed by atoms with Gasteiger partial charge in [0.25, 0.3) is 0 Å². The summed E-state index contributed by atoms with van der Waals surface area (Å²) in [5.74, 6) is -1.89. The van der Waals surface area contributed by atoms with E-state index in [4.69, 9.17) is 15.6 Å². The molecular weight excluding hydrogens is 400 g/mol. The number of amides is 1. The number of anilines is 2. The van der Waals surface area contributed by atoms with Crippen molar-refractivity contribution in [3.63, 3.8) is 0 Å². The lowest BCUT2D eigenvalue weighted by Gasteiger charge is -2.19. The number of ether oxygens (including phenoxy) is 1. The van der Waals surface area contributed by atoms with Gasteiger partial charge in [-0.2, -0.15) is 9.97 Å². The third-order valence-corrected chi connectivity index (χ3v) is 5.32. The molecule has 1 amide bonds. The standard InChI is InChI=1S/C16H18N8O4S/c1-6(2)9(29-13-8-10(20-5-19-8)21-15(17)24-13)11(25)22-16-18-4-7(14(26)27)12(23-16)28-3/h4-6,9H,1-3H3,(H,26,27)(H,18,22,23,25)(H3,17,19,20,21,24)/t9-/m1/s1. The Hall–Kier alpha value is -3.48. The predicted molar refractivity (Wildman–Crippen MR) is 105 cm³/mol. The van der Waals surface area contributed by atoms with E-state index in [1.807, 2.05) is 13.8 Å². The molecule has 0 aliphatic rings. The molecule has 0 unspecified atom stereocenters. The molecule has 0 fully saturated rings. The average molecular weight is 418 g/mol. The van der Waals surface area contributed by atoms with Crippen molar-refractivity contribution in [3.05, 3.63) is 18.1 Å². The second-order valence-electron chi connectivity index (χ2n) is 6.18. The first-order valence-electron chi connectivity index (χ1n) is 8.38. The molecule has 3 aromatic heterocycles. The van der Waals surface area contributed by atoms with Crippen LogP contribution >= 0.6 is 11.8 Å². The molecule has 12 nitrogen and oxygen atoms in total. The number of imidazole rings is 1. The molecule has 0 aliphatic heterocycles. The van der Waals surface area contributed by atoms with Crippen LogP contribution < -0.4 is 15.8 Å². The Labute approximate surface area is 168 Å². The van der Waals surface area contributed by atoms with Gasteiger partial charge in [-0.05, 0) is 5.92 Å². The SMILES string of the molecule is COc1nc(NC(=O)[C@H](Sc2nc(N)nc3nc[nH]c23)C(C)C)ncc1C(=O)O. The van der Waals surface area contributed by atoms with E-state index in [2.05, 4.69) is 35.2 Å². The van der Waals surface area contributed by atoms with Crippen molar-refractivity contribution in [3.8, 4) is 5.88 Å². The van der Waals surface area contributed by atoms with E-state index in [0.717, 1.165) is 6.20 Å². The largest absolute Gasteiger partial charge is 0.480 e. The minimum atomic E-state index is -1.24. The van der Waals surface area contributed by atoms with Gasteiger partial charge in [-0.15, -0.1) is 0 Å². The van der Waals surface area contributed by atoms with Crippen LogP contribution in [-0.2, 0) is 4.79 Å². The van der Waals surface area contributed by atoms with Crippen LogP contribution in [0.3, 0.4) is 0 Å². The lowest BCUT2D eigenvalue weighted by molar-refractivity contribution is -0.116. The number of nitrogens with two attached hydrogens (primary N) is 1. The maximum atomic E-state index is 12.9. The summed E-state index contributed by atoms with van der Waals surface area (Å²) in [7, 11) is 1.28. The molecule has 0 aliphatic carbocycles. The Morgan fingerprint density at radius 1 is 1.28 bits per heavy atom. The summed E-state index contributed by atoms with van der Waals surface area (Å²) in [4.78, 5) is 47.1. The van der Waals surface area contributed by atoms with Gasteiger partial charge < -0.3 is 20.6 Å². The van der Waals surface area contributed by atoms with Gasteiger partial charge in [0.1, 0.15) is 16.1 Å². The number of fused-ring (bicyclic) bond motifs is 1. The van der Waals surface area contributed by atoms with Crippen molar-refractivity contribution in [1.29, 1.82) is 0 Å². The normalized spacial score (nSPS) is 12.1. The molecule has 0 spiro atoms. The van der Waals surface area contributed by atoms with Crippen molar-refractivity contribution >= 4 is 46.7 Å². The zero-order valence-electron chi connectivity index (χ0n) is 15.7. The minimum Gasteiger partial charge on any atom is -0.480 e. The Balaban J connectivity index is 1.85. The second kappa shape index (κ2) is 8.26. The van der Waals surface area contributed by atoms with Crippen LogP contribution in [0.2, 0.25) is 0 Å². The van der Waals surface area contributed by atoms with Crippen LogP contribution in [0.15, 0.2) is 17.6 Å². The quantitative estimate of drug-likeness (QED) is 0.319. The molecule has 1 atom stereocenters. The number of thioether (sulfide) groups is 1. The van der Waals surface area contributed by atoms with Crippen molar-refractivity contribution in [2.45, 2.75) is 24.1 Å². The first-order chi connectivity index (χ1) is 13.8. The molecule has 3 rings (SSSR count). The van der Waals surface area contributed by atoms with Crippen LogP contribution in [0.25, 0.3) is 11.2 Å². The van der Waals surface area contributed by atoms with Crippen molar-refractivity contribution in [1.82, 2.24) is 29.9 Å². The summed E-state index contributed by atoms with van der Waals surface area (Å²) < 4.78 is 4.95. The third-order valence-electron chi connectivity index (χ3n) is 3.78. The number of carbonyl (C=O) groups is 2. The number of hydrogen-bond acceptors (Lipinski definition) is 10. The van der Waals surface area contributed by atoms with Gasteiger partial charge in [-0.1, -0.05) is 25.6 Å². The first-order valence-corrected chi connectivity index (χ1v) is 9.26. The molecule has 5 N–H and O–H groups in total. The number of hydrogen-bond donors (Lipinski definition) is 4. The molecule has 0 saturated carbocycles. The predicted octanol–water partition coefficient (Wildman–Crippen LogP) is 1.19. The van der Waals surface area contributed by atoms with E-state index in [1.54, 1.807) is 0 Å². The molecule has 3 heterocycles. The van der Waals surface area contributed by atoms with Crippen LogP contribution in [0.1, 0.15) is 24.2 Å². The molecule has 0 radical (unpaired) electrons. The molecule has 152 valence electrons. The Morgan fingerprint density at radius 3 is 2.69 bits per heavy atom. The number of nitrogens with zero attached hydrogens (tertiary/aromatic N) is 5. The molecule has 29 heavy (non-hydrogen) atoms. The molecule has 0 saturated heterocycles. The number of rotatable bonds is 7. The van der Waals surface area contributed by atoms with Gasteiger partial charge >= 0.3 is 5.97 Å². The summed E-state index contributed by atoms with van der Waals surface area (Å²) in [6, 6.07) is 0. The van der Waals surface area contributed by atoms with Crippen molar-refractivity contribution in [2.75, 3.05) is 18.2 Å². The monoisotopic (exact) mass is 418 g/mol. The number of aromatic carboxylic acids is 1. The molecular formula is C16H18N8O4S. The maximum absolute atomic E-state index is 12.9. The Morgan fingerprint density at radius 2 is 2.03 bits per heavy atom. The summed E-state index contributed by atoms with van der Waals surface area (Å²) >= 11 is 1.20. The zero-order chi connectivity index (χ0) is 21.1. The van der Waals surface area contributed by atoms with E-state index in [0.29, 0.717) is 16.2 Å². The molecule has 3 aromatic rings. The van der Waals surface area contributed by atoms with Crippen LogP contribution in [0.4, 0.5) is 11.9 Å². The lowest BCUT2D eigenvalue weighted by atomic mass is 10.1. The molecule has 0 bridgehead atoms. The maximum Gasteiger partial charge on any atom is 0.342 e. The van der Waals surface area contributed by atoms with E-state index < -0.39 is 11.2 Å².